The van der Waals surface area contributed by atoms with E-state index in [1.54, 1.807) is 48.5 Å². The number of rotatable bonds is 7. The monoisotopic (exact) mass is 438 g/mol. The van der Waals surface area contributed by atoms with Crippen LogP contribution in [0.5, 0.6) is 5.88 Å². The Morgan fingerprint density at radius 3 is 2.55 bits per heavy atom. The molecule has 0 bridgehead atoms. The zero-order valence-corrected chi connectivity index (χ0v) is 17.9. The van der Waals surface area contributed by atoms with Crippen LogP contribution in [-0.4, -0.2) is 30.9 Å². The lowest BCUT2D eigenvalue weighted by atomic mass is 10.1. The zero-order valence-electron chi connectivity index (χ0n) is 17.0. The number of ether oxygens (including phenoxy) is 1. The maximum atomic E-state index is 12.9. The Labute approximate surface area is 179 Å². The Morgan fingerprint density at radius 1 is 1.13 bits per heavy atom. The number of nitrogens with zero attached hydrogens (tertiary/aromatic N) is 1. The predicted octanol–water partition coefficient (Wildman–Crippen LogP) is 3.65. The number of hydrogen-bond donors (Lipinski definition) is 3. The summed E-state index contributed by atoms with van der Waals surface area (Å²) in [5, 5.41) is 1.22. The second kappa shape index (κ2) is 7.92. The van der Waals surface area contributed by atoms with Gasteiger partial charge < -0.3 is 15.5 Å². The number of H-pyrrole nitrogens is 1. The molecular weight excluding hydrogens is 416 g/mol. The number of fused-ring (bicyclic) bond motifs is 3. The summed E-state index contributed by atoms with van der Waals surface area (Å²) in [6.45, 7) is 4.41. The molecule has 4 rings (SSSR count). The van der Waals surface area contributed by atoms with Gasteiger partial charge in [-0.2, -0.15) is 0 Å². The van der Waals surface area contributed by atoms with Crippen molar-refractivity contribution in [2.45, 2.75) is 18.7 Å². The molecule has 4 N–H and O–H groups in total. The minimum Gasteiger partial charge on any atom is -0.477 e. The van der Waals surface area contributed by atoms with Crippen molar-refractivity contribution < 1.29 is 17.9 Å². The molecule has 2 aromatic heterocycles. The zero-order chi connectivity index (χ0) is 22.2. The molecule has 0 spiro atoms. The standard InChI is InChI=1S/C22H22N4O4S/c1-13(2)12-30-19-11-17-16-10-15(31(28,29)26-14-6-4-3-5-7-14)8-9-18(16)24-20(17)21(25-19)22(23)27/h3-11,13,24,26H,12H2,1-2H3,(H2,23,27). The Bertz CT molecular complexity index is 1380. The van der Waals surface area contributed by atoms with Crippen molar-refractivity contribution in [3.05, 3.63) is 60.3 Å². The molecular formula is C22H22N4O4S. The first-order valence-corrected chi connectivity index (χ1v) is 11.2. The fourth-order valence-electron chi connectivity index (χ4n) is 3.24. The lowest BCUT2D eigenvalue weighted by Gasteiger charge is -2.09. The van der Waals surface area contributed by atoms with Gasteiger partial charge >= 0.3 is 0 Å². The van der Waals surface area contributed by atoms with Crippen LogP contribution in [-0.2, 0) is 10.0 Å². The van der Waals surface area contributed by atoms with Crippen molar-refractivity contribution >= 4 is 43.4 Å². The minimum absolute atomic E-state index is 0.0410. The third kappa shape index (κ3) is 4.17. The summed E-state index contributed by atoms with van der Waals surface area (Å²) < 4.78 is 34.0. The predicted molar refractivity (Wildman–Crippen MR) is 120 cm³/mol. The van der Waals surface area contributed by atoms with E-state index in [0.29, 0.717) is 34.1 Å². The lowest BCUT2D eigenvalue weighted by Crippen LogP contribution is -2.15. The van der Waals surface area contributed by atoms with Gasteiger partial charge in [-0.05, 0) is 36.2 Å². The number of anilines is 1. The summed E-state index contributed by atoms with van der Waals surface area (Å²) in [5.41, 5.74) is 7.12. The van der Waals surface area contributed by atoms with E-state index in [-0.39, 0.29) is 22.4 Å². The lowest BCUT2D eigenvalue weighted by molar-refractivity contribution is 0.0996. The van der Waals surface area contributed by atoms with Gasteiger partial charge in [0.1, 0.15) is 0 Å². The molecule has 0 aliphatic heterocycles. The third-order valence-electron chi connectivity index (χ3n) is 4.67. The van der Waals surface area contributed by atoms with Crippen LogP contribution >= 0.6 is 0 Å². The van der Waals surface area contributed by atoms with E-state index in [1.807, 2.05) is 13.8 Å². The van der Waals surface area contributed by atoms with E-state index in [2.05, 4.69) is 14.7 Å². The third-order valence-corrected chi connectivity index (χ3v) is 6.05. The number of carbonyl (C=O) groups excluding carboxylic acids is 1. The Hall–Kier alpha value is -3.59. The van der Waals surface area contributed by atoms with E-state index in [4.69, 9.17) is 10.5 Å². The van der Waals surface area contributed by atoms with Gasteiger partial charge in [0.2, 0.25) is 5.88 Å². The molecule has 0 aliphatic carbocycles. The number of para-hydroxylation sites is 1. The van der Waals surface area contributed by atoms with Crippen molar-refractivity contribution in [3.8, 4) is 5.88 Å². The van der Waals surface area contributed by atoms with Crippen molar-refractivity contribution in [2.24, 2.45) is 11.7 Å². The molecule has 0 saturated carbocycles. The van der Waals surface area contributed by atoms with Gasteiger partial charge in [-0.1, -0.05) is 32.0 Å². The van der Waals surface area contributed by atoms with Gasteiger partial charge in [-0.3, -0.25) is 9.52 Å². The fraction of sp³-hybridized carbons (Fsp3) is 0.182. The molecule has 31 heavy (non-hydrogen) atoms. The molecule has 0 fully saturated rings. The maximum Gasteiger partial charge on any atom is 0.269 e. The molecule has 8 nitrogen and oxygen atoms in total. The number of amides is 1. The van der Waals surface area contributed by atoms with E-state index in [1.165, 1.54) is 6.07 Å². The number of hydrogen-bond acceptors (Lipinski definition) is 5. The van der Waals surface area contributed by atoms with Crippen LogP contribution in [0, 0.1) is 5.92 Å². The first kappa shape index (κ1) is 20.7. The quantitative estimate of drug-likeness (QED) is 0.406. The average Bonchev–Trinajstić information content (AvgIpc) is 3.09. The molecule has 9 heteroatoms. The van der Waals surface area contributed by atoms with Crippen molar-refractivity contribution in [2.75, 3.05) is 11.3 Å². The Kier molecular flexibility index (Phi) is 5.28. The molecule has 2 heterocycles. The van der Waals surface area contributed by atoms with Crippen LogP contribution in [0.1, 0.15) is 24.3 Å². The summed E-state index contributed by atoms with van der Waals surface area (Å²) in [5.74, 6) is -0.185. The normalized spacial score (nSPS) is 11.8. The van der Waals surface area contributed by atoms with Gasteiger partial charge in [0.05, 0.1) is 17.0 Å². The average molecular weight is 439 g/mol. The van der Waals surface area contributed by atoms with E-state index in [0.717, 1.165) is 0 Å². The highest BCUT2D eigenvalue weighted by molar-refractivity contribution is 7.92. The molecule has 160 valence electrons. The summed E-state index contributed by atoms with van der Waals surface area (Å²) in [7, 11) is -3.81. The van der Waals surface area contributed by atoms with Crippen LogP contribution in [0.4, 0.5) is 5.69 Å². The van der Waals surface area contributed by atoms with Crippen molar-refractivity contribution in [1.82, 2.24) is 9.97 Å². The minimum atomic E-state index is -3.81. The largest absolute Gasteiger partial charge is 0.477 e. The molecule has 0 radical (unpaired) electrons. The van der Waals surface area contributed by atoms with E-state index >= 15 is 0 Å². The molecule has 4 aromatic rings. The number of nitrogens with one attached hydrogen (secondary N) is 2. The topological polar surface area (TPSA) is 127 Å². The number of nitrogens with two attached hydrogens (primary N) is 1. The van der Waals surface area contributed by atoms with Crippen LogP contribution in [0.3, 0.4) is 0 Å². The van der Waals surface area contributed by atoms with Crippen LogP contribution < -0.4 is 15.2 Å². The molecule has 1 amide bonds. The maximum absolute atomic E-state index is 12.9. The number of pyridine rings is 1. The number of aromatic nitrogens is 2. The van der Waals surface area contributed by atoms with Crippen molar-refractivity contribution in [1.29, 1.82) is 0 Å². The van der Waals surface area contributed by atoms with Crippen molar-refractivity contribution in [3.63, 3.8) is 0 Å². The number of benzene rings is 2. The first-order valence-electron chi connectivity index (χ1n) is 9.71. The van der Waals surface area contributed by atoms with Gasteiger partial charge in [0.15, 0.2) is 5.69 Å². The highest BCUT2D eigenvalue weighted by Gasteiger charge is 2.20. The highest BCUT2D eigenvalue weighted by atomic mass is 32.2. The molecule has 0 saturated heterocycles. The smallest absolute Gasteiger partial charge is 0.269 e. The van der Waals surface area contributed by atoms with Gasteiger partial charge in [-0.25, -0.2) is 13.4 Å². The summed E-state index contributed by atoms with van der Waals surface area (Å²) >= 11 is 0. The van der Waals surface area contributed by atoms with Crippen LogP contribution in [0.2, 0.25) is 0 Å². The SMILES string of the molecule is CC(C)COc1cc2c([nH]c3ccc(S(=O)(=O)Nc4ccccc4)cc32)c(C(N)=O)n1. The highest BCUT2D eigenvalue weighted by Crippen LogP contribution is 2.32. The second-order valence-electron chi connectivity index (χ2n) is 7.60. The van der Waals surface area contributed by atoms with Crippen LogP contribution in [0.15, 0.2) is 59.5 Å². The number of aromatic amines is 1. The van der Waals surface area contributed by atoms with E-state index in [9.17, 15) is 13.2 Å². The number of primary amides is 1. The van der Waals surface area contributed by atoms with Crippen LogP contribution in [0.25, 0.3) is 21.8 Å². The Balaban J connectivity index is 1.84. The number of sulfonamides is 1. The molecule has 0 atom stereocenters. The summed E-state index contributed by atoms with van der Waals surface area (Å²) in [6, 6.07) is 15.0. The second-order valence-corrected chi connectivity index (χ2v) is 9.29. The molecule has 2 aromatic carbocycles. The summed E-state index contributed by atoms with van der Waals surface area (Å²) in [4.78, 5) is 19.4. The number of carbonyl (C=O) groups is 1. The fourth-order valence-corrected chi connectivity index (χ4v) is 4.33. The molecule has 0 aliphatic rings. The molecule has 0 unspecified atom stereocenters. The Morgan fingerprint density at radius 2 is 1.87 bits per heavy atom. The van der Waals surface area contributed by atoms with Gasteiger partial charge in [-0.15, -0.1) is 0 Å². The first-order chi connectivity index (χ1) is 14.7. The van der Waals surface area contributed by atoms with Gasteiger partial charge in [0.25, 0.3) is 15.9 Å². The van der Waals surface area contributed by atoms with E-state index < -0.39 is 15.9 Å². The van der Waals surface area contributed by atoms with Gasteiger partial charge in [0, 0.05) is 28.0 Å². The summed E-state index contributed by atoms with van der Waals surface area (Å²) in [6.07, 6.45) is 0.